The number of hydrogen-bond donors (Lipinski definition) is 1. The van der Waals surface area contributed by atoms with Crippen LogP contribution in [0, 0.1) is 0 Å². The molecule has 7 nitrogen and oxygen atoms in total. The Morgan fingerprint density at radius 3 is 2.34 bits per heavy atom. The Labute approximate surface area is 169 Å². The van der Waals surface area contributed by atoms with Gasteiger partial charge in [0.15, 0.2) is 0 Å². The standard InChI is InChI=1S/C22H25NO6/c1-22(2,3)29-21(26)23-12-19(13-23)28-18-10-15(8-16(11-18)20(24)25)14-6-5-7-17(9-14)27-4/h5-11,19H,12-13H2,1-4H3,(H,24,25). The van der Waals surface area contributed by atoms with E-state index in [4.69, 9.17) is 14.2 Å². The van der Waals surface area contributed by atoms with Gasteiger partial charge in [-0.1, -0.05) is 12.1 Å². The molecule has 0 bridgehead atoms. The highest BCUT2D eigenvalue weighted by molar-refractivity contribution is 5.90. The molecule has 2 aromatic rings. The van der Waals surface area contributed by atoms with Gasteiger partial charge in [0.1, 0.15) is 23.2 Å². The lowest BCUT2D eigenvalue weighted by atomic mass is 10.0. The van der Waals surface area contributed by atoms with Gasteiger partial charge in [0.2, 0.25) is 0 Å². The summed E-state index contributed by atoms with van der Waals surface area (Å²) in [5, 5.41) is 9.46. The van der Waals surface area contributed by atoms with Gasteiger partial charge in [0, 0.05) is 0 Å². The molecule has 29 heavy (non-hydrogen) atoms. The number of hydrogen-bond acceptors (Lipinski definition) is 5. The van der Waals surface area contributed by atoms with Crippen LogP contribution in [0.1, 0.15) is 31.1 Å². The summed E-state index contributed by atoms with van der Waals surface area (Å²) < 4.78 is 16.5. The Kier molecular flexibility index (Phi) is 5.68. The molecule has 2 aromatic carbocycles. The van der Waals surface area contributed by atoms with Crippen LogP contribution >= 0.6 is 0 Å². The smallest absolute Gasteiger partial charge is 0.410 e. The molecule has 3 rings (SSSR count). The number of likely N-dealkylation sites (tertiary alicyclic amines) is 1. The summed E-state index contributed by atoms with van der Waals surface area (Å²) >= 11 is 0. The first kappa shape index (κ1) is 20.5. The molecule has 7 heteroatoms. The van der Waals surface area contributed by atoms with E-state index in [1.807, 2.05) is 45.0 Å². The van der Waals surface area contributed by atoms with Crippen LogP contribution in [0.3, 0.4) is 0 Å². The summed E-state index contributed by atoms with van der Waals surface area (Å²) in [6.45, 7) is 6.23. The summed E-state index contributed by atoms with van der Waals surface area (Å²) in [6.07, 6.45) is -0.599. The average Bonchev–Trinajstić information content (AvgIpc) is 2.62. The number of amides is 1. The van der Waals surface area contributed by atoms with Gasteiger partial charge >= 0.3 is 12.1 Å². The van der Waals surface area contributed by atoms with Crippen LogP contribution in [-0.2, 0) is 4.74 Å². The maximum Gasteiger partial charge on any atom is 0.410 e. The highest BCUT2D eigenvalue weighted by Crippen LogP contribution is 2.30. The lowest BCUT2D eigenvalue weighted by molar-refractivity contribution is -0.0221. The van der Waals surface area contributed by atoms with Gasteiger partial charge < -0.3 is 24.2 Å². The number of carboxylic acid groups (broad SMARTS) is 1. The summed E-state index contributed by atoms with van der Waals surface area (Å²) in [7, 11) is 1.58. The second-order valence-corrected chi connectivity index (χ2v) is 7.91. The third-order valence-corrected chi connectivity index (χ3v) is 4.36. The van der Waals surface area contributed by atoms with Crippen molar-refractivity contribution in [3.63, 3.8) is 0 Å². The first-order valence-corrected chi connectivity index (χ1v) is 9.32. The fraction of sp³-hybridized carbons (Fsp3) is 0.364. The van der Waals surface area contributed by atoms with Crippen molar-refractivity contribution in [3.8, 4) is 22.6 Å². The molecule has 1 aliphatic heterocycles. The van der Waals surface area contributed by atoms with Crippen molar-refractivity contribution in [3.05, 3.63) is 48.0 Å². The largest absolute Gasteiger partial charge is 0.497 e. The van der Waals surface area contributed by atoms with Crippen molar-refractivity contribution in [2.24, 2.45) is 0 Å². The van der Waals surface area contributed by atoms with E-state index in [9.17, 15) is 14.7 Å². The number of ether oxygens (including phenoxy) is 3. The predicted octanol–water partition coefficient (Wildman–Crippen LogP) is 4.06. The lowest BCUT2D eigenvalue weighted by Gasteiger charge is -2.39. The number of rotatable bonds is 5. The van der Waals surface area contributed by atoms with E-state index in [1.165, 1.54) is 6.07 Å². The molecule has 1 heterocycles. The van der Waals surface area contributed by atoms with Crippen molar-refractivity contribution < 1.29 is 28.9 Å². The molecule has 0 spiro atoms. The van der Waals surface area contributed by atoms with Crippen LogP contribution in [-0.4, -0.2) is 54.0 Å². The van der Waals surface area contributed by atoms with E-state index in [1.54, 1.807) is 24.1 Å². The Balaban J connectivity index is 1.74. The summed E-state index contributed by atoms with van der Waals surface area (Å²) in [5.41, 5.74) is 1.11. The molecular weight excluding hydrogens is 374 g/mol. The van der Waals surface area contributed by atoms with Crippen molar-refractivity contribution in [1.82, 2.24) is 4.90 Å². The van der Waals surface area contributed by atoms with Gasteiger partial charge in [-0.15, -0.1) is 0 Å². The zero-order valence-corrected chi connectivity index (χ0v) is 17.0. The number of nitrogens with zero attached hydrogens (tertiary/aromatic N) is 1. The van der Waals surface area contributed by atoms with Crippen molar-refractivity contribution in [1.29, 1.82) is 0 Å². The molecule has 0 unspecified atom stereocenters. The molecule has 1 fully saturated rings. The monoisotopic (exact) mass is 399 g/mol. The van der Waals surface area contributed by atoms with Gasteiger partial charge in [-0.2, -0.15) is 0 Å². The van der Waals surface area contributed by atoms with Crippen LogP contribution in [0.4, 0.5) is 4.79 Å². The van der Waals surface area contributed by atoms with Crippen LogP contribution in [0.25, 0.3) is 11.1 Å². The number of carbonyl (C=O) groups excluding carboxylic acids is 1. The van der Waals surface area contributed by atoms with Crippen LogP contribution in [0.5, 0.6) is 11.5 Å². The predicted molar refractivity (Wildman–Crippen MR) is 108 cm³/mol. The molecule has 1 N–H and O–H groups in total. The number of carbonyl (C=O) groups is 2. The summed E-state index contributed by atoms with van der Waals surface area (Å²) in [4.78, 5) is 25.1. The van der Waals surface area contributed by atoms with Crippen LogP contribution in [0.15, 0.2) is 42.5 Å². The Morgan fingerprint density at radius 1 is 1.03 bits per heavy atom. The normalized spacial score (nSPS) is 14.1. The minimum Gasteiger partial charge on any atom is -0.497 e. The summed E-state index contributed by atoms with van der Waals surface area (Å²) in [5.74, 6) is 0.0813. The fourth-order valence-corrected chi connectivity index (χ4v) is 2.94. The van der Waals surface area contributed by atoms with E-state index < -0.39 is 11.6 Å². The fourth-order valence-electron chi connectivity index (χ4n) is 2.94. The van der Waals surface area contributed by atoms with E-state index in [2.05, 4.69) is 0 Å². The highest BCUT2D eigenvalue weighted by Gasteiger charge is 2.35. The molecule has 0 atom stereocenters. The maximum atomic E-state index is 12.0. The number of aromatic carboxylic acids is 1. The first-order valence-electron chi connectivity index (χ1n) is 9.32. The van der Waals surface area contributed by atoms with Gasteiger partial charge in [0.25, 0.3) is 0 Å². The molecule has 1 saturated heterocycles. The topological polar surface area (TPSA) is 85.3 Å². The molecule has 0 aromatic heterocycles. The van der Waals surface area contributed by atoms with Crippen molar-refractivity contribution in [2.75, 3.05) is 20.2 Å². The Morgan fingerprint density at radius 2 is 1.72 bits per heavy atom. The Hall–Kier alpha value is -3.22. The van der Waals surface area contributed by atoms with Crippen LogP contribution < -0.4 is 9.47 Å². The molecule has 1 amide bonds. The molecular formula is C22H25NO6. The van der Waals surface area contributed by atoms with Gasteiger partial charge in [-0.25, -0.2) is 9.59 Å². The average molecular weight is 399 g/mol. The van der Waals surface area contributed by atoms with E-state index >= 15 is 0 Å². The number of benzene rings is 2. The first-order chi connectivity index (χ1) is 13.6. The molecule has 0 aliphatic carbocycles. The molecule has 154 valence electrons. The SMILES string of the molecule is COc1cccc(-c2cc(OC3CN(C(=O)OC(C)(C)C)C3)cc(C(=O)O)c2)c1. The lowest BCUT2D eigenvalue weighted by Crippen LogP contribution is -2.57. The zero-order valence-electron chi connectivity index (χ0n) is 17.0. The third kappa shape index (κ3) is 5.19. The van der Waals surface area contributed by atoms with Gasteiger partial charge in [0.05, 0.1) is 25.8 Å². The van der Waals surface area contributed by atoms with E-state index in [-0.39, 0.29) is 17.8 Å². The second kappa shape index (κ2) is 8.03. The maximum absolute atomic E-state index is 12.0. The number of methoxy groups -OCH3 is 1. The minimum atomic E-state index is -1.04. The number of carboxylic acids is 1. The van der Waals surface area contributed by atoms with E-state index in [0.717, 1.165) is 5.56 Å². The van der Waals surface area contributed by atoms with Crippen molar-refractivity contribution in [2.45, 2.75) is 32.5 Å². The molecule has 1 aliphatic rings. The van der Waals surface area contributed by atoms with Gasteiger partial charge in [-0.3, -0.25) is 0 Å². The Bertz CT molecular complexity index is 912. The summed E-state index contributed by atoms with van der Waals surface area (Å²) in [6, 6.07) is 12.2. The third-order valence-electron chi connectivity index (χ3n) is 4.36. The van der Waals surface area contributed by atoms with Gasteiger partial charge in [-0.05, 0) is 62.2 Å². The highest BCUT2D eigenvalue weighted by atomic mass is 16.6. The quantitative estimate of drug-likeness (QED) is 0.816. The molecule has 0 radical (unpaired) electrons. The van der Waals surface area contributed by atoms with E-state index in [0.29, 0.717) is 30.2 Å². The molecule has 0 saturated carbocycles. The van der Waals surface area contributed by atoms with Crippen molar-refractivity contribution >= 4 is 12.1 Å². The minimum absolute atomic E-state index is 0.128. The second-order valence-electron chi connectivity index (χ2n) is 7.91. The van der Waals surface area contributed by atoms with Crippen LogP contribution in [0.2, 0.25) is 0 Å². The zero-order chi connectivity index (χ0) is 21.2.